The molecule has 0 spiro atoms. The highest BCUT2D eigenvalue weighted by Gasteiger charge is 2.22. The van der Waals surface area contributed by atoms with E-state index in [9.17, 15) is 0 Å². The first-order chi connectivity index (χ1) is 18.7. The van der Waals surface area contributed by atoms with Gasteiger partial charge in [0.1, 0.15) is 22.8 Å². The highest BCUT2D eigenvalue weighted by Crippen LogP contribution is 2.38. The maximum absolute atomic E-state index is 4.77. The second-order valence-corrected chi connectivity index (χ2v) is 8.63. The third-order valence-corrected chi connectivity index (χ3v) is 6.01. The second-order valence-electron chi connectivity index (χ2n) is 8.63. The lowest BCUT2D eigenvalue weighted by Gasteiger charge is -2.14. The van der Waals surface area contributed by atoms with Gasteiger partial charge in [-0.2, -0.15) is 0 Å². The van der Waals surface area contributed by atoms with Crippen molar-refractivity contribution in [3.63, 3.8) is 0 Å². The maximum atomic E-state index is 4.77. The Morgan fingerprint density at radius 1 is 0.368 bits per heavy atom. The fourth-order valence-electron chi connectivity index (χ4n) is 4.37. The summed E-state index contributed by atoms with van der Waals surface area (Å²) in [6.45, 7) is 3.91. The summed E-state index contributed by atoms with van der Waals surface area (Å²) in [5, 5.41) is 0. The molecule has 0 unspecified atom stereocenters. The summed E-state index contributed by atoms with van der Waals surface area (Å²) in [7, 11) is 0. The molecule has 0 N–H and O–H groups in total. The number of hydrogen-bond donors (Lipinski definition) is 0. The molecular weight excluding hydrogens is 472 g/mol. The molecule has 38 heavy (non-hydrogen) atoms. The summed E-state index contributed by atoms with van der Waals surface area (Å²) in [5.74, 6) is 0. The Hall–Kier alpha value is -5.24. The van der Waals surface area contributed by atoms with Crippen LogP contribution in [0.2, 0.25) is 0 Å². The second kappa shape index (κ2) is 10.0. The van der Waals surface area contributed by atoms with E-state index in [1.807, 2.05) is 74.5 Å². The lowest BCUT2D eigenvalue weighted by Crippen LogP contribution is -2.01. The van der Waals surface area contributed by atoms with Crippen LogP contribution in [-0.2, 0) is 0 Å². The van der Waals surface area contributed by atoms with Crippen LogP contribution >= 0.6 is 0 Å². The number of nitrogens with zero attached hydrogens (tertiary/aromatic N) is 8. The zero-order valence-electron chi connectivity index (χ0n) is 20.8. The first kappa shape index (κ1) is 23.2. The van der Waals surface area contributed by atoms with Gasteiger partial charge in [0.05, 0.1) is 22.8 Å². The molecular formula is C30H22N8. The summed E-state index contributed by atoms with van der Waals surface area (Å²) in [4.78, 5) is 37.6. The van der Waals surface area contributed by atoms with Crippen LogP contribution in [-0.4, -0.2) is 39.9 Å². The van der Waals surface area contributed by atoms with Gasteiger partial charge in [-0.05, 0) is 62.4 Å². The average molecular weight is 495 g/mol. The minimum absolute atomic E-state index is 0.659. The molecule has 6 aromatic heterocycles. The monoisotopic (exact) mass is 494 g/mol. The topological polar surface area (TPSA) is 103 Å². The van der Waals surface area contributed by atoms with Crippen LogP contribution in [0.4, 0.5) is 0 Å². The molecule has 0 saturated heterocycles. The molecule has 0 aliphatic heterocycles. The van der Waals surface area contributed by atoms with Gasteiger partial charge in [0.25, 0.3) is 0 Å². The molecule has 8 nitrogen and oxygen atoms in total. The van der Waals surface area contributed by atoms with Crippen LogP contribution < -0.4 is 0 Å². The lowest BCUT2D eigenvalue weighted by atomic mass is 9.98. The standard InChI is InChI=1S/C30H22N8/c1-19-7-3-11-23(37-19)29-27(33-15-17-35-29)21-9-5-13-31-25(21)26-22(10-6-14-32-26)28-30(36-18-16-34-28)24-12-4-8-20(2)38-24/h3-18H,1-2H3. The molecule has 0 atom stereocenters. The molecule has 0 aliphatic rings. The SMILES string of the molecule is Cc1cccc(-c2nccnc2-c2cccnc2-c2ncccc2-c2nccnc2-c2cccc(C)n2)n1. The Kier molecular flexibility index (Phi) is 6.11. The van der Waals surface area contributed by atoms with Crippen LogP contribution in [0.15, 0.2) is 97.8 Å². The molecule has 0 amide bonds. The average Bonchev–Trinajstić information content (AvgIpc) is 2.97. The molecule has 0 fully saturated rings. The summed E-state index contributed by atoms with van der Waals surface area (Å²) < 4.78 is 0. The number of hydrogen-bond acceptors (Lipinski definition) is 8. The van der Waals surface area contributed by atoms with E-state index in [0.29, 0.717) is 34.2 Å². The molecule has 6 heterocycles. The van der Waals surface area contributed by atoms with E-state index < -0.39 is 0 Å². The van der Waals surface area contributed by atoms with Crippen LogP contribution in [0.1, 0.15) is 11.4 Å². The van der Waals surface area contributed by atoms with Crippen LogP contribution in [0.3, 0.4) is 0 Å². The van der Waals surface area contributed by atoms with Crippen molar-refractivity contribution in [3.05, 3.63) is 109 Å². The molecule has 0 saturated carbocycles. The maximum Gasteiger partial charge on any atom is 0.115 e. The summed E-state index contributed by atoms with van der Waals surface area (Å²) >= 11 is 0. The van der Waals surface area contributed by atoms with Crippen molar-refractivity contribution >= 4 is 0 Å². The summed E-state index contributed by atoms with van der Waals surface area (Å²) in [5.41, 5.74) is 8.87. The molecule has 0 aromatic carbocycles. The van der Waals surface area contributed by atoms with Crippen molar-refractivity contribution < 1.29 is 0 Å². The predicted molar refractivity (Wildman–Crippen MR) is 145 cm³/mol. The van der Waals surface area contributed by atoms with E-state index in [-0.39, 0.29) is 0 Å². The van der Waals surface area contributed by atoms with Crippen LogP contribution in [0, 0.1) is 13.8 Å². The molecule has 182 valence electrons. The molecule has 6 aromatic rings. The smallest absolute Gasteiger partial charge is 0.115 e. The van der Waals surface area contributed by atoms with Gasteiger partial charge in [-0.1, -0.05) is 12.1 Å². The van der Waals surface area contributed by atoms with Gasteiger partial charge in [0.15, 0.2) is 0 Å². The highest BCUT2D eigenvalue weighted by atomic mass is 14.9. The van der Waals surface area contributed by atoms with Crippen LogP contribution in [0.5, 0.6) is 0 Å². The Morgan fingerprint density at radius 2 is 0.763 bits per heavy atom. The van der Waals surface area contributed by atoms with Gasteiger partial charge >= 0.3 is 0 Å². The molecule has 6 rings (SSSR count). The zero-order chi connectivity index (χ0) is 25.9. The minimum Gasteiger partial charge on any atom is -0.254 e. The van der Waals surface area contributed by atoms with Crippen molar-refractivity contribution in [2.45, 2.75) is 13.8 Å². The van der Waals surface area contributed by atoms with Gasteiger partial charge in [-0.15, -0.1) is 0 Å². The van der Waals surface area contributed by atoms with Gasteiger partial charge in [0.2, 0.25) is 0 Å². The van der Waals surface area contributed by atoms with Crippen LogP contribution in [0.25, 0.3) is 56.7 Å². The van der Waals surface area contributed by atoms with Crippen molar-refractivity contribution in [2.75, 3.05) is 0 Å². The van der Waals surface area contributed by atoms with E-state index in [0.717, 1.165) is 33.9 Å². The fourth-order valence-corrected chi connectivity index (χ4v) is 4.37. The van der Waals surface area contributed by atoms with Crippen molar-refractivity contribution in [1.82, 2.24) is 39.9 Å². The lowest BCUT2D eigenvalue weighted by molar-refractivity contribution is 1.14. The largest absolute Gasteiger partial charge is 0.254 e. The number of aryl methyl sites for hydroxylation is 2. The number of aromatic nitrogens is 8. The third kappa shape index (κ3) is 4.39. The first-order valence-electron chi connectivity index (χ1n) is 12.1. The van der Waals surface area contributed by atoms with Gasteiger partial charge in [-0.25, -0.2) is 0 Å². The van der Waals surface area contributed by atoms with Gasteiger partial charge in [0, 0.05) is 59.7 Å². The molecule has 0 radical (unpaired) electrons. The highest BCUT2D eigenvalue weighted by molar-refractivity contribution is 5.91. The molecule has 0 aliphatic carbocycles. The number of pyridine rings is 4. The van der Waals surface area contributed by atoms with E-state index >= 15 is 0 Å². The normalized spacial score (nSPS) is 10.9. The van der Waals surface area contributed by atoms with E-state index in [1.54, 1.807) is 37.2 Å². The fraction of sp³-hybridized carbons (Fsp3) is 0.0667. The predicted octanol–water partition coefficient (Wildman–Crippen LogP) is 5.80. The zero-order valence-corrected chi connectivity index (χ0v) is 20.8. The van der Waals surface area contributed by atoms with Crippen molar-refractivity contribution in [3.8, 4) is 56.7 Å². The molecule has 0 bridgehead atoms. The Morgan fingerprint density at radius 3 is 1.18 bits per heavy atom. The third-order valence-electron chi connectivity index (χ3n) is 6.01. The van der Waals surface area contributed by atoms with E-state index in [1.165, 1.54) is 0 Å². The van der Waals surface area contributed by atoms with Crippen molar-refractivity contribution in [2.24, 2.45) is 0 Å². The summed E-state index contributed by atoms with van der Waals surface area (Å²) in [6.07, 6.45) is 10.2. The Bertz CT molecular complexity index is 1640. The molecule has 8 heteroatoms. The number of rotatable bonds is 5. The minimum atomic E-state index is 0.659. The van der Waals surface area contributed by atoms with Gasteiger partial charge < -0.3 is 0 Å². The van der Waals surface area contributed by atoms with E-state index in [4.69, 9.17) is 19.9 Å². The summed E-state index contributed by atoms with van der Waals surface area (Å²) in [6, 6.07) is 19.4. The Labute approximate surface area is 219 Å². The van der Waals surface area contributed by atoms with Gasteiger partial charge in [-0.3, -0.25) is 39.9 Å². The van der Waals surface area contributed by atoms with E-state index in [2.05, 4.69) is 19.9 Å². The quantitative estimate of drug-likeness (QED) is 0.296. The first-order valence-corrected chi connectivity index (χ1v) is 12.1. The van der Waals surface area contributed by atoms with Crippen molar-refractivity contribution in [1.29, 1.82) is 0 Å². The Balaban J connectivity index is 1.56.